The molecule has 5 rings (SSSR count). The predicted octanol–water partition coefficient (Wildman–Crippen LogP) is 10.4. The normalized spacial score (nSPS) is 17.1. The fourth-order valence-electron chi connectivity index (χ4n) is 4.87. The van der Waals surface area contributed by atoms with Crippen LogP contribution < -0.4 is 0 Å². The lowest BCUT2D eigenvalue weighted by atomic mass is 9.95. The Kier molecular flexibility index (Phi) is 8.08. The van der Waals surface area contributed by atoms with Gasteiger partial charge in [0.2, 0.25) is 0 Å². The topological polar surface area (TPSA) is 86.3 Å². The molecule has 0 spiro atoms. The van der Waals surface area contributed by atoms with Crippen LogP contribution in [0.15, 0.2) is 60.7 Å². The van der Waals surface area contributed by atoms with Gasteiger partial charge in [0.05, 0.1) is 9.85 Å². The van der Waals surface area contributed by atoms with Gasteiger partial charge < -0.3 is 0 Å². The Morgan fingerprint density at radius 1 is 0.600 bits per heavy atom. The molecular formula is C31H20F6N2O4S2. The molecule has 0 aliphatic heterocycles. The molecule has 0 atom stereocenters. The van der Waals surface area contributed by atoms with E-state index >= 15 is 17.6 Å². The van der Waals surface area contributed by atoms with Gasteiger partial charge in [0.15, 0.2) is 0 Å². The second kappa shape index (κ2) is 11.4. The van der Waals surface area contributed by atoms with Gasteiger partial charge in [0, 0.05) is 54.9 Å². The van der Waals surface area contributed by atoms with Crippen LogP contribution in [-0.4, -0.2) is 27.6 Å². The van der Waals surface area contributed by atoms with Crippen molar-refractivity contribution in [2.75, 3.05) is 0 Å². The molecule has 1 aliphatic carbocycles. The maximum absolute atomic E-state index is 15.4. The molecule has 1 aliphatic rings. The number of allylic oxidation sites excluding steroid dienone is 2. The first-order valence-corrected chi connectivity index (χ1v) is 14.6. The Balaban J connectivity index is 1.57. The quantitative estimate of drug-likeness (QED) is 0.107. The lowest BCUT2D eigenvalue weighted by molar-refractivity contribution is -0.385. The summed E-state index contributed by atoms with van der Waals surface area (Å²) in [5.41, 5.74) is -3.00. The Morgan fingerprint density at radius 2 is 0.933 bits per heavy atom. The fraction of sp³-hybridized carbons (Fsp3) is 0.161. The van der Waals surface area contributed by atoms with E-state index in [1.54, 1.807) is 0 Å². The molecule has 14 heteroatoms. The van der Waals surface area contributed by atoms with Crippen molar-refractivity contribution in [2.24, 2.45) is 0 Å². The smallest absolute Gasteiger partial charge is 0.258 e. The summed E-state index contributed by atoms with van der Waals surface area (Å²) in [6, 6.07) is 13.2. The molecule has 45 heavy (non-hydrogen) atoms. The highest BCUT2D eigenvalue weighted by molar-refractivity contribution is 7.13. The minimum atomic E-state index is -5.71. The Hall–Kier alpha value is -4.56. The lowest BCUT2D eigenvalue weighted by Gasteiger charge is -2.25. The molecule has 232 valence electrons. The number of benzene rings is 2. The predicted molar refractivity (Wildman–Crippen MR) is 164 cm³/mol. The minimum absolute atomic E-state index is 0.116. The van der Waals surface area contributed by atoms with Crippen LogP contribution >= 0.6 is 22.7 Å². The number of rotatable bonds is 8. The minimum Gasteiger partial charge on any atom is -0.258 e. The summed E-state index contributed by atoms with van der Waals surface area (Å²) in [6.07, 6.45) is 6.00. The van der Waals surface area contributed by atoms with Crippen molar-refractivity contribution in [1.29, 1.82) is 0 Å². The Bertz CT molecular complexity index is 1770. The highest BCUT2D eigenvalue weighted by Gasteiger charge is 2.80. The van der Waals surface area contributed by atoms with Crippen LogP contribution in [0.5, 0.6) is 0 Å². The molecule has 2 heterocycles. The molecule has 0 fully saturated rings. The summed E-state index contributed by atoms with van der Waals surface area (Å²) in [5, 5.41) is 21.7. The summed E-state index contributed by atoms with van der Waals surface area (Å²) in [7, 11) is 0. The third kappa shape index (κ3) is 5.59. The molecule has 6 nitrogen and oxygen atoms in total. The van der Waals surface area contributed by atoms with E-state index in [-0.39, 0.29) is 21.1 Å². The van der Waals surface area contributed by atoms with Crippen molar-refractivity contribution in [3.05, 3.63) is 123 Å². The molecule has 4 aromatic rings. The van der Waals surface area contributed by atoms with Crippen LogP contribution in [0, 0.1) is 34.1 Å². The van der Waals surface area contributed by atoms with Crippen LogP contribution in [-0.2, 0) is 0 Å². The summed E-state index contributed by atoms with van der Waals surface area (Å²) < 4.78 is 91.5. The number of thiophene rings is 2. The van der Waals surface area contributed by atoms with Gasteiger partial charge in [-0.3, -0.25) is 20.2 Å². The van der Waals surface area contributed by atoms with Crippen LogP contribution in [0.1, 0.15) is 41.8 Å². The SMILES string of the molecule is Cc1sc(C=Cc2ccc([N+](=O)[O-])cc2)cc1C1=C(c2cc(C=Cc3ccc([N+](=O)[O-])cc3)sc2C)C(F)(F)C(F)(F)C1(F)F. The molecule has 0 amide bonds. The largest absolute Gasteiger partial charge is 0.380 e. The van der Waals surface area contributed by atoms with E-state index in [9.17, 15) is 29.0 Å². The first kappa shape index (κ1) is 31.9. The van der Waals surface area contributed by atoms with Crippen LogP contribution in [0.2, 0.25) is 0 Å². The van der Waals surface area contributed by atoms with Gasteiger partial charge in [0.1, 0.15) is 0 Å². The van der Waals surface area contributed by atoms with Gasteiger partial charge >= 0.3 is 17.8 Å². The van der Waals surface area contributed by atoms with Crippen LogP contribution in [0.3, 0.4) is 0 Å². The first-order valence-electron chi connectivity index (χ1n) is 13.0. The Labute approximate surface area is 259 Å². The summed E-state index contributed by atoms with van der Waals surface area (Å²) in [5.74, 6) is -16.1. The zero-order valence-corrected chi connectivity index (χ0v) is 24.8. The molecule has 0 radical (unpaired) electrons. The molecule has 0 saturated heterocycles. The Morgan fingerprint density at radius 3 is 1.24 bits per heavy atom. The van der Waals surface area contributed by atoms with Gasteiger partial charge in [-0.15, -0.1) is 22.7 Å². The van der Waals surface area contributed by atoms with E-state index in [1.807, 2.05) is 0 Å². The number of nitro groups is 2. The molecule has 0 unspecified atom stereocenters. The van der Waals surface area contributed by atoms with Crippen LogP contribution in [0.25, 0.3) is 35.5 Å². The van der Waals surface area contributed by atoms with Gasteiger partial charge in [-0.25, -0.2) is 0 Å². The summed E-state index contributed by atoms with van der Waals surface area (Å²) in [4.78, 5) is 21.5. The monoisotopic (exact) mass is 662 g/mol. The number of alkyl halides is 6. The van der Waals surface area contributed by atoms with Crippen molar-refractivity contribution in [3.8, 4) is 0 Å². The molecule has 0 bridgehead atoms. The van der Waals surface area contributed by atoms with Gasteiger partial charge in [-0.05, 0) is 84.7 Å². The van der Waals surface area contributed by atoms with E-state index < -0.39 is 49.9 Å². The number of nitrogens with zero attached hydrogens (tertiary/aromatic N) is 2. The first-order chi connectivity index (χ1) is 21.0. The molecular weight excluding hydrogens is 642 g/mol. The average Bonchev–Trinajstić information content (AvgIpc) is 3.56. The van der Waals surface area contributed by atoms with Gasteiger partial charge in [-0.1, -0.05) is 12.2 Å². The van der Waals surface area contributed by atoms with Gasteiger partial charge in [-0.2, -0.15) is 26.3 Å². The van der Waals surface area contributed by atoms with Crippen molar-refractivity contribution in [1.82, 2.24) is 0 Å². The number of aryl methyl sites for hydroxylation is 2. The molecule has 0 N–H and O–H groups in total. The van der Waals surface area contributed by atoms with Crippen molar-refractivity contribution in [2.45, 2.75) is 31.6 Å². The van der Waals surface area contributed by atoms with Crippen LogP contribution in [0.4, 0.5) is 37.7 Å². The highest BCUT2D eigenvalue weighted by atomic mass is 32.1. The second-order valence-corrected chi connectivity index (χ2v) is 12.7. The van der Waals surface area contributed by atoms with E-state index in [4.69, 9.17) is 0 Å². The van der Waals surface area contributed by atoms with Crippen molar-refractivity contribution < 1.29 is 36.2 Å². The highest BCUT2D eigenvalue weighted by Crippen LogP contribution is 2.65. The zero-order chi connectivity index (χ0) is 32.9. The van der Waals surface area contributed by atoms with E-state index in [0.29, 0.717) is 20.9 Å². The maximum Gasteiger partial charge on any atom is 0.380 e. The van der Waals surface area contributed by atoms with Gasteiger partial charge in [0.25, 0.3) is 11.4 Å². The molecule has 2 aromatic carbocycles. The lowest BCUT2D eigenvalue weighted by Crippen LogP contribution is -2.48. The number of halogens is 6. The van der Waals surface area contributed by atoms with E-state index in [2.05, 4.69) is 0 Å². The molecule has 0 saturated carbocycles. The van der Waals surface area contributed by atoms with Crippen molar-refractivity contribution in [3.63, 3.8) is 0 Å². The number of non-ortho nitro benzene ring substituents is 2. The van der Waals surface area contributed by atoms with Crippen molar-refractivity contribution >= 4 is 69.5 Å². The number of hydrogen-bond donors (Lipinski definition) is 0. The third-order valence-electron chi connectivity index (χ3n) is 7.17. The number of nitro benzene ring substituents is 2. The van der Waals surface area contributed by atoms with E-state index in [1.165, 1.54) is 86.7 Å². The number of hydrogen-bond acceptors (Lipinski definition) is 6. The fourth-order valence-corrected chi connectivity index (χ4v) is 6.75. The average molecular weight is 663 g/mol. The second-order valence-electron chi connectivity index (χ2n) is 10.1. The standard InChI is InChI=1S/C31H20F6N2O4S2/c1-17-25(15-23(44-17)13-7-19-3-9-21(10-4-19)38(40)41)27-28(30(34,35)31(36,37)29(27,32)33)26-16-24(45-18(26)2)14-8-20-5-11-22(12-6-20)39(42)43/h3-16H,1-2H3. The summed E-state index contributed by atoms with van der Waals surface area (Å²) >= 11 is 1.88. The summed E-state index contributed by atoms with van der Waals surface area (Å²) in [6.45, 7) is 2.74. The third-order valence-corrected chi connectivity index (χ3v) is 9.20. The maximum atomic E-state index is 15.4. The van der Waals surface area contributed by atoms with E-state index in [0.717, 1.165) is 34.8 Å². The molecule has 2 aromatic heterocycles. The zero-order valence-electron chi connectivity index (χ0n) is 23.2.